The Morgan fingerprint density at radius 1 is 1.20 bits per heavy atom. The Morgan fingerprint density at radius 3 is 2.76 bits per heavy atom. The van der Waals surface area contributed by atoms with Gasteiger partial charge >= 0.3 is 5.97 Å². The molecule has 0 radical (unpaired) electrons. The molecule has 0 N–H and O–H groups in total. The molecule has 0 saturated carbocycles. The Labute approximate surface area is 148 Å². The number of nitrogens with zero attached hydrogens (tertiary/aromatic N) is 2. The number of thiazole rings is 1. The lowest BCUT2D eigenvalue weighted by Gasteiger charge is -2.01. The van der Waals surface area contributed by atoms with Crippen molar-refractivity contribution in [3.63, 3.8) is 0 Å². The van der Waals surface area contributed by atoms with E-state index >= 15 is 0 Å². The molecule has 0 bridgehead atoms. The number of hydrogen-bond donors (Lipinski definition) is 0. The zero-order valence-corrected chi connectivity index (χ0v) is 14.0. The second-order valence-electron chi connectivity index (χ2n) is 5.03. The number of carbonyl (C=O) groups excluding carboxylic acids is 1. The highest BCUT2D eigenvalue weighted by Gasteiger charge is 2.05. The van der Waals surface area contributed by atoms with Crippen LogP contribution >= 0.6 is 11.3 Å². The minimum Gasteiger partial charge on any atom is -0.479 e. The van der Waals surface area contributed by atoms with Gasteiger partial charge in [-0.2, -0.15) is 5.26 Å². The van der Waals surface area contributed by atoms with Crippen LogP contribution in [-0.2, 0) is 16.1 Å². The van der Waals surface area contributed by atoms with Crippen molar-refractivity contribution in [1.82, 2.24) is 4.98 Å². The zero-order chi connectivity index (χ0) is 17.5. The summed E-state index contributed by atoms with van der Waals surface area (Å²) in [5, 5.41) is 9.23. The Bertz CT molecular complexity index is 906. The van der Waals surface area contributed by atoms with Crippen LogP contribution in [0.1, 0.15) is 10.6 Å². The average Bonchev–Trinajstić information content (AvgIpc) is 3.07. The summed E-state index contributed by atoms with van der Waals surface area (Å²) >= 11 is 1.51. The van der Waals surface area contributed by atoms with Gasteiger partial charge in [-0.1, -0.05) is 24.3 Å². The quantitative estimate of drug-likeness (QED) is 0.497. The van der Waals surface area contributed by atoms with E-state index in [0.717, 1.165) is 20.8 Å². The van der Waals surface area contributed by atoms with Crippen molar-refractivity contribution < 1.29 is 14.3 Å². The predicted octanol–water partition coefficient (Wildman–Crippen LogP) is 3.96. The Balaban J connectivity index is 1.53. The first-order chi connectivity index (χ1) is 12.2. The molecule has 0 atom stereocenters. The molecule has 6 heteroatoms. The third-order valence-corrected chi connectivity index (χ3v) is 4.28. The van der Waals surface area contributed by atoms with Crippen LogP contribution in [0, 0.1) is 11.3 Å². The zero-order valence-electron chi connectivity index (χ0n) is 13.2. The molecule has 5 nitrogen and oxygen atoms in total. The van der Waals surface area contributed by atoms with Gasteiger partial charge in [0.15, 0.2) is 6.61 Å². The maximum Gasteiger partial charge on any atom is 0.331 e. The Kier molecular flexibility index (Phi) is 5.39. The highest BCUT2D eigenvalue weighted by molar-refractivity contribution is 7.18. The fraction of sp³-hybridized carbons (Fsp3) is 0.105. The highest BCUT2D eigenvalue weighted by Crippen LogP contribution is 2.22. The molecule has 1 heterocycles. The highest BCUT2D eigenvalue weighted by atomic mass is 32.1. The van der Waals surface area contributed by atoms with E-state index in [0.29, 0.717) is 5.75 Å². The number of carbonyl (C=O) groups is 1. The van der Waals surface area contributed by atoms with Crippen molar-refractivity contribution in [3.05, 3.63) is 65.2 Å². The third kappa shape index (κ3) is 4.66. The first kappa shape index (κ1) is 16.7. The number of esters is 1. The van der Waals surface area contributed by atoms with Crippen molar-refractivity contribution in [3.8, 4) is 11.8 Å². The summed E-state index contributed by atoms with van der Waals surface area (Å²) in [7, 11) is 0. The Hall–Kier alpha value is -3.17. The van der Waals surface area contributed by atoms with Crippen LogP contribution in [-0.4, -0.2) is 17.6 Å². The lowest BCUT2D eigenvalue weighted by molar-refractivity contribution is -0.138. The smallest absolute Gasteiger partial charge is 0.331 e. The van der Waals surface area contributed by atoms with Gasteiger partial charge in [0.05, 0.1) is 10.2 Å². The molecule has 0 unspecified atom stereocenters. The maximum atomic E-state index is 11.8. The van der Waals surface area contributed by atoms with E-state index in [4.69, 9.17) is 14.7 Å². The van der Waals surface area contributed by atoms with Gasteiger partial charge < -0.3 is 9.47 Å². The first-order valence-corrected chi connectivity index (χ1v) is 8.35. The van der Waals surface area contributed by atoms with Crippen LogP contribution < -0.4 is 4.74 Å². The number of hydrogen-bond acceptors (Lipinski definition) is 6. The fourth-order valence-electron chi connectivity index (χ4n) is 2.12. The van der Waals surface area contributed by atoms with Crippen molar-refractivity contribution in [2.24, 2.45) is 0 Å². The van der Waals surface area contributed by atoms with E-state index in [9.17, 15) is 4.79 Å². The second kappa shape index (κ2) is 8.08. The van der Waals surface area contributed by atoms with E-state index in [1.807, 2.05) is 30.3 Å². The van der Waals surface area contributed by atoms with Crippen molar-refractivity contribution in [1.29, 1.82) is 5.26 Å². The van der Waals surface area contributed by atoms with E-state index in [2.05, 4.69) is 4.98 Å². The number of fused-ring (bicyclic) bond motifs is 1. The molecule has 0 saturated heterocycles. The summed E-state index contributed by atoms with van der Waals surface area (Å²) in [5.41, 5.74) is 1.74. The molecule has 3 rings (SSSR count). The van der Waals surface area contributed by atoms with E-state index < -0.39 is 5.97 Å². The Morgan fingerprint density at radius 2 is 2.00 bits per heavy atom. The largest absolute Gasteiger partial charge is 0.479 e. The van der Waals surface area contributed by atoms with E-state index in [1.54, 1.807) is 30.3 Å². The summed E-state index contributed by atoms with van der Waals surface area (Å²) in [4.78, 5) is 16.2. The van der Waals surface area contributed by atoms with Crippen molar-refractivity contribution >= 4 is 33.6 Å². The lowest BCUT2D eigenvalue weighted by atomic mass is 10.2. The van der Waals surface area contributed by atoms with Gasteiger partial charge in [-0.15, -0.1) is 11.3 Å². The topological polar surface area (TPSA) is 72.2 Å². The number of rotatable bonds is 6. The molecule has 0 aliphatic rings. The van der Waals surface area contributed by atoms with Gasteiger partial charge in [-0.25, -0.2) is 9.78 Å². The number of benzene rings is 2. The monoisotopic (exact) mass is 350 g/mol. The van der Waals surface area contributed by atoms with Gasteiger partial charge in [0.1, 0.15) is 23.4 Å². The van der Waals surface area contributed by atoms with E-state index in [-0.39, 0.29) is 13.2 Å². The molecule has 124 valence electrons. The normalized spacial score (nSPS) is 10.7. The summed E-state index contributed by atoms with van der Waals surface area (Å²) in [6.07, 6.45) is 3.03. The van der Waals surface area contributed by atoms with Crippen LogP contribution in [0.15, 0.2) is 54.6 Å². The minimum absolute atomic E-state index is 0.00722. The van der Waals surface area contributed by atoms with Crippen molar-refractivity contribution in [2.75, 3.05) is 6.61 Å². The molecule has 0 amide bonds. The summed E-state index contributed by atoms with van der Waals surface area (Å²) in [5.74, 6) is 0.182. The second-order valence-corrected chi connectivity index (χ2v) is 6.15. The molecule has 0 fully saturated rings. The van der Waals surface area contributed by atoms with Gasteiger partial charge in [0.25, 0.3) is 0 Å². The van der Waals surface area contributed by atoms with Gasteiger partial charge in [-0.3, -0.25) is 0 Å². The molecule has 25 heavy (non-hydrogen) atoms. The standard InChI is InChI=1S/C19H14N2O3S/c20-11-12-23-15-8-5-14(6-9-15)7-10-19(22)24-13-18-21-16-3-1-2-4-17(16)25-18/h1-10H,12-13H2/b10-7+. The SMILES string of the molecule is N#CCOc1ccc(/C=C/C(=O)OCc2nc3ccccc3s2)cc1. The van der Waals surface area contributed by atoms with Crippen LogP contribution in [0.4, 0.5) is 0 Å². The fourth-order valence-corrected chi connectivity index (χ4v) is 3.00. The molecule has 1 aromatic heterocycles. The van der Waals surface area contributed by atoms with Crippen LogP contribution in [0.25, 0.3) is 16.3 Å². The molecular formula is C19H14N2O3S. The number of para-hydroxylation sites is 1. The number of nitriles is 1. The van der Waals surface area contributed by atoms with Crippen molar-refractivity contribution in [2.45, 2.75) is 6.61 Å². The van der Waals surface area contributed by atoms with E-state index in [1.165, 1.54) is 17.4 Å². The summed E-state index contributed by atoms with van der Waals surface area (Å²) in [6.45, 7) is 0.163. The maximum absolute atomic E-state index is 11.8. The molecule has 0 aliphatic heterocycles. The molecule has 0 aliphatic carbocycles. The van der Waals surface area contributed by atoms with Gasteiger partial charge in [-0.05, 0) is 35.9 Å². The predicted molar refractivity (Wildman–Crippen MR) is 96.0 cm³/mol. The molecule has 3 aromatic rings. The third-order valence-electron chi connectivity index (χ3n) is 3.27. The molecule has 0 spiro atoms. The number of aromatic nitrogens is 1. The molecule has 2 aromatic carbocycles. The first-order valence-electron chi connectivity index (χ1n) is 7.54. The summed E-state index contributed by atoms with van der Waals surface area (Å²) in [6, 6.07) is 16.8. The lowest BCUT2D eigenvalue weighted by Crippen LogP contribution is -2.00. The number of ether oxygens (including phenoxy) is 2. The van der Waals surface area contributed by atoms with Gasteiger partial charge in [0, 0.05) is 6.08 Å². The van der Waals surface area contributed by atoms with Crippen LogP contribution in [0.5, 0.6) is 5.75 Å². The van der Waals surface area contributed by atoms with Crippen LogP contribution in [0.3, 0.4) is 0 Å². The molecular weight excluding hydrogens is 336 g/mol. The van der Waals surface area contributed by atoms with Crippen LogP contribution in [0.2, 0.25) is 0 Å². The minimum atomic E-state index is -0.427. The van der Waals surface area contributed by atoms with Gasteiger partial charge in [0.2, 0.25) is 0 Å². The summed E-state index contributed by atoms with van der Waals surface area (Å²) < 4.78 is 11.5. The average molecular weight is 350 g/mol.